The number of hydrogen-bond donors (Lipinski definition) is 1. The molecule has 0 radical (unpaired) electrons. The van der Waals surface area contributed by atoms with Crippen LogP contribution in [0.2, 0.25) is 0 Å². The van der Waals surface area contributed by atoms with E-state index in [1.165, 1.54) is 0 Å². The summed E-state index contributed by atoms with van der Waals surface area (Å²) in [6, 6.07) is 9.53. The molecule has 2 rings (SSSR count). The predicted molar refractivity (Wildman–Crippen MR) is 90.9 cm³/mol. The van der Waals surface area contributed by atoms with Crippen molar-refractivity contribution in [2.45, 2.75) is 25.7 Å². The van der Waals surface area contributed by atoms with E-state index < -0.39 is 0 Å². The first-order valence-corrected chi connectivity index (χ1v) is 8.08. The van der Waals surface area contributed by atoms with Crippen molar-refractivity contribution in [3.63, 3.8) is 0 Å². The van der Waals surface area contributed by atoms with E-state index in [-0.39, 0.29) is 5.91 Å². The van der Waals surface area contributed by atoms with Crippen LogP contribution >= 0.6 is 0 Å². The maximum absolute atomic E-state index is 11.7. The number of nitrogens with one attached hydrogen (secondary N) is 1. The molecule has 0 fully saturated rings. The van der Waals surface area contributed by atoms with Gasteiger partial charge in [-0.15, -0.1) is 0 Å². The summed E-state index contributed by atoms with van der Waals surface area (Å²) in [5, 5.41) is 6.93. The van der Waals surface area contributed by atoms with E-state index >= 15 is 0 Å². The van der Waals surface area contributed by atoms with Gasteiger partial charge in [0.25, 0.3) is 0 Å². The minimum absolute atomic E-state index is 0.0602. The first kappa shape index (κ1) is 18.0. The van der Waals surface area contributed by atoms with Gasteiger partial charge in [-0.25, -0.2) is 0 Å². The monoisotopic (exact) mass is 332 g/mol. The Morgan fingerprint density at radius 1 is 1.21 bits per heavy atom. The molecule has 0 atom stereocenters. The summed E-state index contributed by atoms with van der Waals surface area (Å²) in [6.07, 6.45) is 2.77. The van der Waals surface area contributed by atoms with Crippen LogP contribution in [-0.2, 0) is 16.0 Å². The van der Waals surface area contributed by atoms with Gasteiger partial charge in [-0.3, -0.25) is 4.79 Å². The summed E-state index contributed by atoms with van der Waals surface area (Å²) in [4.78, 5) is 11.7. The zero-order chi connectivity index (χ0) is 17.2. The minimum Gasteiger partial charge on any atom is -0.497 e. The second-order valence-corrected chi connectivity index (χ2v) is 5.46. The number of nitrogens with zero attached hydrogens (tertiary/aromatic N) is 1. The van der Waals surface area contributed by atoms with Crippen LogP contribution in [0.1, 0.15) is 25.0 Å². The maximum atomic E-state index is 11.7. The van der Waals surface area contributed by atoms with Crippen LogP contribution < -0.4 is 10.1 Å². The van der Waals surface area contributed by atoms with Gasteiger partial charge in [0.2, 0.25) is 5.91 Å². The molecule has 1 aromatic carbocycles. The number of carbonyl (C=O) groups excluding carboxylic acids is 1. The van der Waals surface area contributed by atoms with Crippen LogP contribution in [0, 0.1) is 0 Å². The molecule has 1 amide bonds. The number of hydrogen-bond acceptors (Lipinski definition) is 5. The predicted octanol–water partition coefficient (Wildman–Crippen LogP) is 2.83. The lowest BCUT2D eigenvalue weighted by atomic mass is 10.1. The van der Waals surface area contributed by atoms with E-state index in [0.29, 0.717) is 26.0 Å². The minimum atomic E-state index is 0.0602. The van der Waals surface area contributed by atoms with Crippen molar-refractivity contribution < 1.29 is 18.8 Å². The Morgan fingerprint density at radius 3 is 2.71 bits per heavy atom. The van der Waals surface area contributed by atoms with Crippen molar-refractivity contribution in [1.29, 1.82) is 0 Å². The molecule has 0 bridgehead atoms. The van der Waals surface area contributed by atoms with Gasteiger partial charge in [0.15, 0.2) is 5.76 Å². The first-order chi connectivity index (χ1) is 11.7. The molecular formula is C18H24N2O4. The fourth-order valence-corrected chi connectivity index (χ4v) is 2.28. The molecule has 24 heavy (non-hydrogen) atoms. The van der Waals surface area contributed by atoms with Crippen molar-refractivity contribution in [3.8, 4) is 17.1 Å². The average molecular weight is 332 g/mol. The molecule has 0 spiro atoms. The molecular weight excluding hydrogens is 308 g/mol. The van der Waals surface area contributed by atoms with Gasteiger partial charge >= 0.3 is 0 Å². The van der Waals surface area contributed by atoms with Crippen LogP contribution in [0.25, 0.3) is 11.3 Å². The van der Waals surface area contributed by atoms with Crippen LogP contribution in [0.15, 0.2) is 34.9 Å². The Labute approximate surface area is 142 Å². The number of methoxy groups -OCH3 is 2. The third-order valence-electron chi connectivity index (χ3n) is 3.62. The summed E-state index contributed by atoms with van der Waals surface area (Å²) in [6.45, 7) is 1.31. The summed E-state index contributed by atoms with van der Waals surface area (Å²) in [7, 11) is 3.29. The Morgan fingerprint density at radius 2 is 2.00 bits per heavy atom. The number of ether oxygens (including phenoxy) is 2. The fourth-order valence-electron chi connectivity index (χ4n) is 2.28. The summed E-state index contributed by atoms with van der Waals surface area (Å²) in [5.41, 5.74) is 1.80. The largest absolute Gasteiger partial charge is 0.497 e. The third kappa shape index (κ3) is 5.70. The summed E-state index contributed by atoms with van der Waals surface area (Å²) in [5.74, 6) is 1.58. The fraction of sp³-hybridized carbons (Fsp3) is 0.444. The molecule has 2 aromatic rings. The molecule has 130 valence electrons. The average Bonchev–Trinajstić information content (AvgIpc) is 3.08. The number of benzene rings is 1. The lowest BCUT2D eigenvalue weighted by molar-refractivity contribution is -0.121. The molecule has 0 aliphatic rings. The van der Waals surface area contributed by atoms with Crippen LogP contribution in [0.4, 0.5) is 0 Å². The van der Waals surface area contributed by atoms with E-state index in [4.69, 9.17) is 14.0 Å². The van der Waals surface area contributed by atoms with Crippen LogP contribution in [0.3, 0.4) is 0 Å². The number of amides is 1. The number of carbonyl (C=O) groups is 1. The van der Waals surface area contributed by atoms with E-state index in [9.17, 15) is 4.79 Å². The van der Waals surface area contributed by atoms with Crippen LogP contribution in [-0.4, -0.2) is 38.4 Å². The number of rotatable bonds is 10. The molecule has 0 unspecified atom stereocenters. The Balaban J connectivity index is 1.74. The van der Waals surface area contributed by atoms with Gasteiger partial charge in [0, 0.05) is 38.3 Å². The highest BCUT2D eigenvalue weighted by atomic mass is 16.5. The molecule has 6 nitrogen and oxygen atoms in total. The van der Waals surface area contributed by atoms with Crippen LogP contribution in [0.5, 0.6) is 5.75 Å². The summed E-state index contributed by atoms with van der Waals surface area (Å²) >= 11 is 0. The zero-order valence-electron chi connectivity index (χ0n) is 14.2. The second-order valence-electron chi connectivity index (χ2n) is 5.46. The molecule has 1 aromatic heterocycles. The smallest absolute Gasteiger partial charge is 0.220 e. The van der Waals surface area contributed by atoms with Gasteiger partial charge in [-0.1, -0.05) is 5.16 Å². The Kier molecular flexibility index (Phi) is 7.29. The first-order valence-electron chi connectivity index (χ1n) is 8.08. The Bertz CT molecular complexity index is 622. The second kappa shape index (κ2) is 9.72. The highest BCUT2D eigenvalue weighted by Gasteiger charge is 2.08. The molecule has 6 heteroatoms. The lowest BCUT2D eigenvalue weighted by Gasteiger charge is -2.03. The maximum Gasteiger partial charge on any atom is 0.220 e. The normalized spacial score (nSPS) is 10.6. The Hall–Kier alpha value is -2.34. The van der Waals surface area contributed by atoms with E-state index in [1.54, 1.807) is 14.2 Å². The van der Waals surface area contributed by atoms with Gasteiger partial charge in [-0.05, 0) is 43.5 Å². The van der Waals surface area contributed by atoms with Gasteiger partial charge in [0.1, 0.15) is 5.75 Å². The lowest BCUT2D eigenvalue weighted by Crippen LogP contribution is -2.24. The molecule has 1 heterocycles. The van der Waals surface area contributed by atoms with Gasteiger partial charge < -0.3 is 19.3 Å². The molecule has 0 aliphatic heterocycles. The van der Waals surface area contributed by atoms with E-state index in [1.807, 2.05) is 30.3 Å². The van der Waals surface area contributed by atoms with E-state index in [0.717, 1.165) is 35.6 Å². The van der Waals surface area contributed by atoms with Gasteiger partial charge in [0.05, 0.1) is 12.8 Å². The quantitative estimate of drug-likeness (QED) is 0.677. The van der Waals surface area contributed by atoms with Crippen molar-refractivity contribution >= 4 is 5.91 Å². The third-order valence-corrected chi connectivity index (χ3v) is 3.62. The topological polar surface area (TPSA) is 73.6 Å². The number of aryl methyl sites for hydroxylation is 1. The van der Waals surface area contributed by atoms with Gasteiger partial charge in [-0.2, -0.15) is 0 Å². The molecule has 0 saturated heterocycles. The van der Waals surface area contributed by atoms with Crippen molar-refractivity contribution in [2.75, 3.05) is 27.4 Å². The highest BCUT2D eigenvalue weighted by molar-refractivity contribution is 5.75. The zero-order valence-corrected chi connectivity index (χ0v) is 14.2. The van der Waals surface area contributed by atoms with E-state index in [2.05, 4.69) is 10.5 Å². The SMILES string of the molecule is COCCCNC(=O)CCCc1cc(-c2ccc(OC)cc2)on1. The molecule has 1 N–H and O–H groups in total. The number of aromatic nitrogens is 1. The standard InChI is InChI=1S/C18H24N2O4/c1-22-12-4-11-19-18(21)6-3-5-15-13-17(24-20-15)14-7-9-16(23-2)10-8-14/h7-10,13H,3-6,11-12H2,1-2H3,(H,19,21). The van der Waals surface area contributed by atoms with Crippen molar-refractivity contribution in [2.24, 2.45) is 0 Å². The molecule has 0 aliphatic carbocycles. The molecule has 0 saturated carbocycles. The highest BCUT2D eigenvalue weighted by Crippen LogP contribution is 2.23. The van der Waals surface area contributed by atoms with Crippen molar-refractivity contribution in [3.05, 3.63) is 36.0 Å². The summed E-state index contributed by atoms with van der Waals surface area (Å²) < 4.78 is 15.4. The van der Waals surface area contributed by atoms with Crippen molar-refractivity contribution in [1.82, 2.24) is 10.5 Å².